The van der Waals surface area contributed by atoms with Gasteiger partial charge < -0.3 is 4.74 Å². The van der Waals surface area contributed by atoms with Crippen molar-refractivity contribution in [2.24, 2.45) is 0 Å². The van der Waals surface area contributed by atoms with Crippen molar-refractivity contribution in [3.05, 3.63) is 42.0 Å². The number of ether oxygens (including phenoxy) is 1. The number of nitrogens with one attached hydrogen (secondary N) is 1. The van der Waals surface area contributed by atoms with Crippen LogP contribution in [0.25, 0.3) is 10.8 Å². The van der Waals surface area contributed by atoms with Crippen molar-refractivity contribution in [2.45, 2.75) is 51.2 Å². The van der Waals surface area contributed by atoms with E-state index in [2.05, 4.69) is 12.3 Å². The second-order valence-electron chi connectivity index (χ2n) is 7.03. The average Bonchev–Trinajstić information content (AvgIpc) is 3.07. The molecular weight excluding hydrogens is 369 g/mol. The van der Waals surface area contributed by atoms with Gasteiger partial charge in [-0.25, -0.2) is 5.01 Å². The van der Waals surface area contributed by atoms with Crippen LogP contribution in [0, 0.1) is 0 Å². The Morgan fingerprint density at radius 3 is 2.61 bits per heavy atom. The summed E-state index contributed by atoms with van der Waals surface area (Å²) in [5.74, 6) is -0.185. The normalized spacial score (nSPS) is 16.4. The Kier molecular flexibility index (Phi) is 6.44. The van der Waals surface area contributed by atoms with E-state index in [0.29, 0.717) is 17.4 Å². The minimum Gasteiger partial charge on any atom is -0.493 e. The maximum Gasteiger partial charge on any atom is 0.410 e. The van der Waals surface area contributed by atoms with Crippen LogP contribution in [0.3, 0.4) is 0 Å². The van der Waals surface area contributed by atoms with E-state index in [1.54, 1.807) is 36.4 Å². The van der Waals surface area contributed by atoms with Crippen molar-refractivity contribution in [2.75, 3.05) is 13.2 Å². The molecule has 1 amide bonds. The van der Waals surface area contributed by atoms with E-state index in [0.717, 1.165) is 30.7 Å². The first kappa shape index (κ1) is 20.5. The highest BCUT2D eigenvalue weighted by atomic mass is 19.4. The lowest BCUT2D eigenvalue weighted by atomic mass is 9.96. The molecule has 1 aliphatic rings. The Balaban J connectivity index is 2.01. The van der Waals surface area contributed by atoms with Crippen molar-refractivity contribution in [3.8, 4) is 5.75 Å². The van der Waals surface area contributed by atoms with Gasteiger partial charge >= 0.3 is 6.18 Å². The van der Waals surface area contributed by atoms with E-state index in [1.165, 1.54) is 0 Å². The average molecular weight is 394 g/mol. The molecule has 28 heavy (non-hydrogen) atoms. The highest BCUT2D eigenvalue weighted by molar-refractivity contribution is 5.88. The van der Waals surface area contributed by atoms with Crippen LogP contribution in [0.4, 0.5) is 13.2 Å². The molecule has 0 radical (unpaired) electrons. The SMILES string of the molecule is CCCCCCOc1ccc2ccccc2c1C(N1CCC(=O)N1)C(F)(F)F. The number of halogens is 3. The van der Waals surface area contributed by atoms with Gasteiger partial charge in [-0.1, -0.05) is 56.5 Å². The van der Waals surface area contributed by atoms with Gasteiger partial charge in [-0.05, 0) is 23.3 Å². The highest BCUT2D eigenvalue weighted by Crippen LogP contribution is 2.45. The summed E-state index contributed by atoms with van der Waals surface area (Å²) in [4.78, 5) is 11.6. The molecule has 0 aromatic heterocycles. The van der Waals surface area contributed by atoms with E-state index in [-0.39, 0.29) is 24.3 Å². The zero-order valence-corrected chi connectivity index (χ0v) is 15.9. The van der Waals surface area contributed by atoms with Gasteiger partial charge in [-0.3, -0.25) is 10.2 Å². The first-order valence-electron chi connectivity index (χ1n) is 9.69. The second-order valence-corrected chi connectivity index (χ2v) is 7.03. The second kappa shape index (κ2) is 8.82. The predicted octanol–water partition coefficient (Wildman–Crippen LogP) is 5.14. The Morgan fingerprint density at radius 1 is 1.14 bits per heavy atom. The number of alkyl halides is 3. The van der Waals surface area contributed by atoms with Gasteiger partial charge in [0.1, 0.15) is 5.75 Å². The number of benzene rings is 2. The predicted molar refractivity (Wildman–Crippen MR) is 102 cm³/mol. The van der Waals surface area contributed by atoms with Gasteiger partial charge in [0.2, 0.25) is 5.91 Å². The molecule has 4 nitrogen and oxygen atoms in total. The van der Waals surface area contributed by atoms with Crippen LogP contribution in [-0.2, 0) is 4.79 Å². The third-order valence-corrected chi connectivity index (χ3v) is 4.93. The lowest BCUT2D eigenvalue weighted by molar-refractivity contribution is -0.191. The number of carbonyl (C=O) groups is 1. The number of nitrogens with zero attached hydrogens (tertiary/aromatic N) is 1. The first-order valence-corrected chi connectivity index (χ1v) is 9.69. The molecule has 1 saturated heterocycles. The molecule has 1 heterocycles. The van der Waals surface area contributed by atoms with Gasteiger partial charge in [-0.15, -0.1) is 0 Å². The molecule has 0 saturated carbocycles. The number of unbranched alkanes of at least 4 members (excludes halogenated alkanes) is 3. The smallest absolute Gasteiger partial charge is 0.410 e. The van der Waals surface area contributed by atoms with E-state index in [1.807, 2.05) is 0 Å². The van der Waals surface area contributed by atoms with Gasteiger partial charge in [0, 0.05) is 18.5 Å². The number of hydrogen-bond donors (Lipinski definition) is 1. The minimum absolute atomic E-state index is 0.00215. The highest BCUT2D eigenvalue weighted by Gasteiger charge is 2.48. The summed E-state index contributed by atoms with van der Waals surface area (Å²) in [6.45, 7) is 2.46. The van der Waals surface area contributed by atoms with Crippen molar-refractivity contribution in [3.63, 3.8) is 0 Å². The molecule has 2 aromatic rings. The van der Waals surface area contributed by atoms with E-state index >= 15 is 0 Å². The van der Waals surface area contributed by atoms with Crippen molar-refractivity contribution >= 4 is 16.7 Å². The van der Waals surface area contributed by atoms with Crippen LogP contribution >= 0.6 is 0 Å². The van der Waals surface area contributed by atoms with Gasteiger partial charge in [-0.2, -0.15) is 13.2 Å². The summed E-state index contributed by atoms with van der Waals surface area (Å²) in [7, 11) is 0. The van der Waals surface area contributed by atoms with Crippen LogP contribution in [0.5, 0.6) is 5.75 Å². The summed E-state index contributed by atoms with van der Waals surface area (Å²) in [6, 6.07) is 8.37. The fourth-order valence-corrected chi connectivity index (χ4v) is 3.58. The summed E-state index contributed by atoms with van der Waals surface area (Å²) >= 11 is 0. The number of carbonyl (C=O) groups excluding carboxylic acids is 1. The van der Waals surface area contributed by atoms with Crippen LogP contribution < -0.4 is 10.2 Å². The van der Waals surface area contributed by atoms with Gasteiger partial charge in [0.15, 0.2) is 6.04 Å². The molecule has 0 aliphatic carbocycles. The molecule has 1 unspecified atom stereocenters. The first-order chi connectivity index (χ1) is 13.4. The van der Waals surface area contributed by atoms with E-state index < -0.39 is 18.1 Å². The molecule has 152 valence electrons. The standard InChI is InChI=1S/C21H25F3N2O2/c1-2-3-4-7-14-28-17-11-10-15-8-5-6-9-16(15)19(17)20(21(22,23)24)26-13-12-18(27)25-26/h5-6,8-11,20H,2-4,7,12-14H2,1H3,(H,25,27). The number of hydrogen-bond acceptors (Lipinski definition) is 3. The molecule has 1 fully saturated rings. The summed E-state index contributed by atoms with van der Waals surface area (Å²) in [5.41, 5.74) is 2.41. The quantitative estimate of drug-likeness (QED) is 0.631. The van der Waals surface area contributed by atoms with Crippen LogP contribution in [0.1, 0.15) is 50.6 Å². The van der Waals surface area contributed by atoms with Crippen LogP contribution in [0.2, 0.25) is 0 Å². The number of amides is 1. The Labute approximate surface area is 162 Å². The number of hydrazine groups is 1. The van der Waals surface area contributed by atoms with E-state index in [9.17, 15) is 18.0 Å². The van der Waals surface area contributed by atoms with Crippen molar-refractivity contribution in [1.29, 1.82) is 0 Å². The fourth-order valence-electron chi connectivity index (χ4n) is 3.58. The third-order valence-electron chi connectivity index (χ3n) is 4.93. The number of rotatable bonds is 8. The monoisotopic (exact) mass is 394 g/mol. The molecule has 0 spiro atoms. The van der Waals surface area contributed by atoms with Gasteiger partial charge in [0.05, 0.1) is 6.61 Å². The maximum atomic E-state index is 14.1. The third kappa shape index (κ3) is 4.58. The van der Waals surface area contributed by atoms with Crippen LogP contribution in [0.15, 0.2) is 36.4 Å². The molecule has 3 rings (SSSR count). The van der Waals surface area contributed by atoms with E-state index in [4.69, 9.17) is 4.74 Å². The summed E-state index contributed by atoms with van der Waals surface area (Å²) in [5, 5.41) is 2.17. The molecule has 0 bridgehead atoms. The fraction of sp³-hybridized carbons (Fsp3) is 0.476. The molecule has 2 aromatic carbocycles. The number of fused-ring (bicyclic) bond motifs is 1. The topological polar surface area (TPSA) is 41.6 Å². The Bertz CT molecular complexity index is 823. The zero-order chi connectivity index (χ0) is 20.1. The molecule has 1 N–H and O–H groups in total. The summed E-state index contributed by atoms with van der Waals surface area (Å²) in [6.07, 6.45) is -0.612. The van der Waals surface area contributed by atoms with Crippen molar-refractivity contribution in [1.82, 2.24) is 10.4 Å². The molecule has 1 atom stereocenters. The lowest BCUT2D eigenvalue weighted by Gasteiger charge is -2.31. The summed E-state index contributed by atoms with van der Waals surface area (Å²) < 4.78 is 48.2. The Morgan fingerprint density at radius 2 is 1.93 bits per heavy atom. The maximum absolute atomic E-state index is 14.1. The largest absolute Gasteiger partial charge is 0.493 e. The lowest BCUT2D eigenvalue weighted by Crippen LogP contribution is -2.43. The molecule has 7 heteroatoms. The zero-order valence-electron chi connectivity index (χ0n) is 15.9. The Hall–Kier alpha value is -2.28. The molecular formula is C21H25F3N2O2. The minimum atomic E-state index is -4.57. The van der Waals surface area contributed by atoms with Crippen LogP contribution in [-0.4, -0.2) is 30.2 Å². The van der Waals surface area contributed by atoms with Crippen molar-refractivity contribution < 1.29 is 22.7 Å². The van der Waals surface area contributed by atoms with Gasteiger partial charge in [0.25, 0.3) is 0 Å². The molecule has 1 aliphatic heterocycles.